The average Bonchev–Trinajstić information content (AvgIpc) is 2.55. The topological polar surface area (TPSA) is 6.48 Å². The first-order valence-electron chi connectivity index (χ1n) is 7.92. The van der Waals surface area contributed by atoms with Gasteiger partial charge in [-0.3, -0.25) is 0 Å². The number of hydrogen-bond acceptors (Lipinski definition) is 2. The zero-order valence-electron chi connectivity index (χ0n) is 13.4. The molecule has 1 heterocycles. The Hall–Kier alpha value is -1.96. The van der Waals surface area contributed by atoms with Gasteiger partial charge in [0, 0.05) is 31.9 Å². The van der Waals surface area contributed by atoms with E-state index in [0.29, 0.717) is 0 Å². The highest BCUT2D eigenvalue weighted by Gasteiger charge is 2.01. The second kappa shape index (κ2) is 7.72. The van der Waals surface area contributed by atoms with Crippen molar-refractivity contribution in [2.45, 2.75) is 20.8 Å². The van der Waals surface area contributed by atoms with Crippen molar-refractivity contribution in [3.63, 3.8) is 0 Å². The van der Waals surface area contributed by atoms with Crippen LogP contribution in [0.4, 0.5) is 5.69 Å². The Bertz CT molecular complexity index is 519. The Balaban J connectivity index is 1.99. The van der Waals surface area contributed by atoms with Gasteiger partial charge in [0.2, 0.25) is 0 Å². The largest absolute Gasteiger partial charge is 0.374 e. The lowest BCUT2D eigenvalue weighted by atomic mass is 10.1. The van der Waals surface area contributed by atoms with Crippen molar-refractivity contribution in [2.24, 2.45) is 0 Å². The van der Waals surface area contributed by atoms with Crippen LogP contribution in [0.1, 0.15) is 26.3 Å². The molecule has 0 saturated carbocycles. The molecule has 1 aromatic rings. The predicted octanol–water partition coefficient (Wildman–Crippen LogP) is 4.32. The molecule has 0 bridgehead atoms. The standard InChI is InChI=1S/C19H26N2/c1-4-20-15-13-18(14-16-20)8-7-17-9-11-19(12-10-17)21(5-2)6-3/h7-15H,4-6,16H2,1-3H3/b8-7+. The quantitative estimate of drug-likeness (QED) is 0.766. The Labute approximate surface area is 129 Å². The fourth-order valence-corrected chi connectivity index (χ4v) is 2.48. The lowest BCUT2D eigenvalue weighted by Crippen LogP contribution is -2.21. The number of allylic oxidation sites excluding steroid dienone is 3. The summed E-state index contributed by atoms with van der Waals surface area (Å²) >= 11 is 0. The SMILES string of the molecule is CCN1C=CC(/C=C/c2ccc(N(CC)CC)cc2)=CC1. The van der Waals surface area contributed by atoms with Crippen LogP contribution in [0.2, 0.25) is 0 Å². The zero-order chi connectivity index (χ0) is 15.1. The summed E-state index contributed by atoms with van der Waals surface area (Å²) in [6.45, 7) is 10.7. The molecule has 1 aliphatic heterocycles. The lowest BCUT2D eigenvalue weighted by Gasteiger charge is -2.21. The van der Waals surface area contributed by atoms with E-state index in [1.807, 2.05) is 0 Å². The van der Waals surface area contributed by atoms with Crippen LogP contribution in [0.15, 0.2) is 54.3 Å². The molecule has 0 atom stereocenters. The van der Waals surface area contributed by atoms with Crippen LogP contribution in [0, 0.1) is 0 Å². The van der Waals surface area contributed by atoms with Crippen molar-refractivity contribution in [3.05, 3.63) is 59.8 Å². The Morgan fingerprint density at radius 2 is 1.76 bits per heavy atom. The van der Waals surface area contributed by atoms with E-state index in [2.05, 4.69) is 85.3 Å². The van der Waals surface area contributed by atoms with Crippen molar-refractivity contribution in [1.29, 1.82) is 0 Å². The number of nitrogens with zero attached hydrogens (tertiary/aromatic N) is 2. The molecule has 2 nitrogen and oxygen atoms in total. The maximum absolute atomic E-state index is 2.36. The highest BCUT2D eigenvalue weighted by Crippen LogP contribution is 2.17. The summed E-state index contributed by atoms with van der Waals surface area (Å²) < 4.78 is 0. The molecule has 0 amide bonds. The van der Waals surface area contributed by atoms with E-state index in [1.54, 1.807) is 0 Å². The molecule has 0 unspecified atom stereocenters. The van der Waals surface area contributed by atoms with Gasteiger partial charge >= 0.3 is 0 Å². The number of anilines is 1. The molecule has 2 heteroatoms. The van der Waals surface area contributed by atoms with E-state index in [4.69, 9.17) is 0 Å². The molecule has 1 aromatic carbocycles. The molecular formula is C19H26N2. The third kappa shape index (κ3) is 4.25. The van der Waals surface area contributed by atoms with E-state index >= 15 is 0 Å². The van der Waals surface area contributed by atoms with Crippen LogP contribution in [0.3, 0.4) is 0 Å². The van der Waals surface area contributed by atoms with Gasteiger partial charge in [-0.2, -0.15) is 0 Å². The van der Waals surface area contributed by atoms with Gasteiger partial charge in [-0.25, -0.2) is 0 Å². The molecule has 0 aromatic heterocycles. The van der Waals surface area contributed by atoms with Crippen LogP contribution in [-0.2, 0) is 0 Å². The minimum absolute atomic E-state index is 1.01. The van der Waals surface area contributed by atoms with Gasteiger partial charge in [-0.15, -0.1) is 0 Å². The normalized spacial score (nSPS) is 14.6. The van der Waals surface area contributed by atoms with Crippen LogP contribution >= 0.6 is 0 Å². The molecular weight excluding hydrogens is 256 g/mol. The monoisotopic (exact) mass is 282 g/mol. The van der Waals surface area contributed by atoms with Crippen molar-refractivity contribution >= 4 is 11.8 Å². The first kappa shape index (κ1) is 15.4. The van der Waals surface area contributed by atoms with E-state index in [9.17, 15) is 0 Å². The van der Waals surface area contributed by atoms with Gasteiger partial charge in [0.15, 0.2) is 0 Å². The summed E-state index contributed by atoms with van der Waals surface area (Å²) in [4.78, 5) is 4.65. The van der Waals surface area contributed by atoms with Crippen LogP contribution in [0.5, 0.6) is 0 Å². The molecule has 2 rings (SSSR count). The third-order valence-electron chi connectivity index (χ3n) is 3.94. The molecule has 0 radical (unpaired) electrons. The first-order valence-corrected chi connectivity index (χ1v) is 7.92. The van der Waals surface area contributed by atoms with Crippen LogP contribution in [0.25, 0.3) is 6.08 Å². The Morgan fingerprint density at radius 3 is 2.29 bits per heavy atom. The molecule has 0 aliphatic carbocycles. The van der Waals surface area contributed by atoms with Gasteiger partial charge in [-0.1, -0.05) is 30.4 Å². The van der Waals surface area contributed by atoms with Crippen LogP contribution < -0.4 is 4.90 Å². The lowest BCUT2D eigenvalue weighted by molar-refractivity contribution is 0.434. The van der Waals surface area contributed by atoms with E-state index in [-0.39, 0.29) is 0 Å². The molecule has 0 spiro atoms. The third-order valence-corrected chi connectivity index (χ3v) is 3.94. The zero-order valence-corrected chi connectivity index (χ0v) is 13.4. The van der Waals surface area contributed by atoms with E-state index < -0.39 is 0 Å². The highest BCUT2D eigenvalue weighted by molar-refractivity contribution is 5.59. The van der Waals surface area contributed by atoms with Crippen molar-refractivity contribution in [2.75, 3.05) is 31.1 Å². The minimum atomic E-state index is 1.01. The van der Waals surface area contributed by atoms with Gasteiger partial charge in [0.1, 0.15) is 0 Å². The van der Waals surface area contributed by atoms with Gasteiger partial charge in [0.25, 0.3) is 0 Å². The van der Waals surface area contributed by atoms with Crippen molar-refractivity contribution in [1.82, 2.24) is 4.90 Å². The number of likely N-dealkylation sites (N-methyl/N-ethyl adjacent to an activating group) is 1. The smallest absolute Gasteiger partial charge is 0.0366 e. The molecule has 0 fully saturated rings. The molecule has 21 heavy (non-hydrogen) atoms. The number of benzene rings is 1. The summed E-state index contributed by atoms with van der Waals surface area (Å²) in [5.74, 6) is 0. The average molecular weight is 282 g/mol. The predicted molar refractivity (Wildman–Crippen MR) is 93.5 cm³/mol. The van der Waals surface area contributed by atoms with Gasteiger partial charge < -0.3 is 9.80 Å². The summed E-state index contributed by atoms with van der Waals surface area (Å²) in [7, 11) is 0. The Kier molecular flexibility index (Phi) is 5.68. The first-order chi connectivity index (χ1) is 10.3. The fourth-order valence-electron chi connectivity index (χ4n) is 2.48. The summed E-state index contributed by atoms with van der Waals surface area (Å²) in [6.07, 6.45) is 11.0. The highest BCUT2D eigenvalue weighted by atomic mass is 15.1. The maximum atomic E-state index is 2.36. The maximum Gasteiger partial charge on any atom is 0.0366 e. The Morgan fingerprint density at radius 1 is 1.05 bits per heavy atom. The number of rotatable bonds is 6. The fraction of sp³-hybridized carbons (Fsp3) is 0.368. The summed E-state index contributed by atoms with van der Waals surface area (Å²) in [6, 6.07) is 8.79. The van der Waals surface area contributed by atoms with Gasteiger partial charge in [-0.05, 0) is 56.3 Å². The molecule has 1 aliphatic rings. The second-order valence-electron chi connectivity index (χ2n) is 5.20. The van der Waals surface area contributed by atoms with Gasteiger partial charge in [0.05, 0.1) is 0 Å². The minimum Gasteiger partial charge on any atom is -0.374 e. The number of hydrogen-bond donors (Lipinski definition) is 0. The van der Waals surface area contributed by atoms with E-state index in [0.717, 1.165) is 26.2 Å². The summed E-state index contributed by atoms with van der Waals surface area (Å²) in [5, 5.41) is 0. The summed E-state index contributed by atoms with van der Waals surface area (Å²) in [5.41, 5.74) is 3.83. The molecule has 112 valence electrons. The molecule has 0 N–H and O–H groups in total. The second-order valence-corrected chi connectivity index (χ2v) is 5.20. The van der Waals surface area contributed by atoms with E-state index in [1.165, 1.54) is 16.8 Å². The van der Waals surface area contributed by atoms with Crippen molar-refractivity contribution < 1.29 is 0 Å². The molecule has 0 saturated heterocycles. The van der Waals surface area contributed by atoms with Crippen LogP contribution in [-0.4, -0.2) is 31.1 Å². The van der Waals surface area contributed by atoms with Crippen molar-refractivity contribution in [3.8, 4) is 0 Å².